The van der Waals surface area contributed by atoms with Crippen LogP contribution in [-0.2, 0) is 6.54 Å². The molecule has 19 heavy (non-hydrogen) atoms. The molecular weight excluding hydrogens is 322 g/mol. The molecule has 1 aliphatic rings. The molecule has 3 rings (SSSR count). The van der Waals surface area contributed by atoms with Gasteiger partial charge in [-0.25, -0.2) is 9.97 Å². The second kappa shape index (κ2) is 5.31. The van der Waals surface area contributed by atoms with E-state index in [1.54, 1.807) is 11.3 Å². The van der Waals surface area contributed by atoms with Crippen molar-refractivity contribution >= 4 is 27.3 Å². The first-order chi connectivity index (χ1) is 9.13. The standard InChI is InChI=1S/C14H16BrN3S/c1-8-11(7-16-10-3-4-10)9(2)18-14(17-8)12-5-6-13(15)19-12/h5-6,10,16H,3-4,7H2,1-2H3. The van der Waals surface area contributed by atoms with Crippen molar-refractivity contribution < 1.29 is 0 Å². The van der Waals surface area contributed by atoms with Crippen LogP contribution in [0, 0.1) is 13.8 Å². The molecule has 3 nitrogen and oxygen atoms in total. The summed E-state index contributed by atoms with van der Waals surface area (Å²) in [7, 11) is 0. The van der Waals surface area contributed by atoms with Crippen LogP contribution >= 0.6 is 27.3 Å². The van der Waals surface area contributed by atoms with Crippen LogP contribution in [0.3, 0.4) is 0 Å². The first-order valence-corrected chi connectivity index (χ1v) is 8.07. The predicted octanol–water partition coefficient (Wildman–Crippen LogP) is 3.84. The highest BCUT2D eigenvalue weighted by atomic mass is 79.9. The summed E-state index contributed by atoms with van der Waals surface area (Å²) in [5.74, 6) is 0.834. The summed E-state index contributed by atoms with van der Waals surface area (Å²) in [5, 5.41) is 3.53. The predicted molar refractivity (Wildman–Crippen MR) is 82.4 cm³/mol. The summed E-state index contributed by atoms with van der Waals surface area (Å²) in [6.45, 7) is 5.03. The normalized spacial score (nSPS) is 14.9. The van der Waals surface area contributed by atoms with Gasteiger partial charge in [-0.1, -0.05) is 0 Å². The highest BCUT2D eigenvalue weighted by Crippen LogP contribution is 2.30. The van der Waals surface area contributed by atoms with Gasteiger partial charge in [0, 0.05) is 29.5 Å². The van der Waals surface area contributed by atoms with E-state index < -0.39 is 0 Å². The quantitative estimate of drug-likeness (QED) is 0.921. The summed E-state index contributed by atoms with van der Waals surface area (Å²) in [4.78, 5) is 10.4. The third-order valence-corrected chi connectivity index (χ3v) is 4.98. The second-order valence-corrected chi connectivity index (χ2v) is 7.42. The lowest BCUT2D eigenvalue weighted by Crippen LogP contribution is -2.18. The number of nitrogens with zero attached hydrogens (tertiary/aromatic N) is 2. The molecule has 1 N–H and O–H groups in total. The third-order valence-electron chi connectivity index (χ3n) is 3.36. The number of nitrogens with one attached hydrogen (secondary N) is 1. The van der Waals surface area contributed by atoms with Crippen LogP contribution in [-0.4, -0.2) is 16.0 Å². The number of aryl methyl sites for hydroxylation is 2. The molecule has 0 radical (unpaired) electrons. The molecule has 1 aliphatic carbocycles. The maximum Gasteiger partial charge on any atom is 0.169 e. The van der Waals surface area contributed by atoms with Crippen LogP contribution in [0.15, 0.2) is 15.9 Å². The fourth-order valence-electron chi connectivity index (χ4n) is 2.07. The summed E-state index contributed by atoms with van der Waals surface area (Å²) >= 11 is 5.15. The van der Waals surface area contributed by atoms with E-state index in [9.17, 15) is 0 Å². The van der Waals surface area contributed by atoms with Gasteiger partial charge in [-0.05, 0) is 54.8 Å². The van der Waals surface area contributed by atoms with E-state index >= 15 is 0 Å². The first kappa shape index (κ1) is 13.2. The minimum Gasteiger partial charge on any atom is -0.310 e. The molecule has 0 unspecified atom stereocenters. The molecule has 2 heterocycles. The lowest BCUT2D eigenvalue weighted by molar-refractivity contribution is 0.675. The minimum atomic E-state index is 0.715. The average Bonchev–Trinajstić information content (AvgIpc) is 3.08. The van der Waals surface area contributed by atoms with E-state index in [1.807, 2.05) is 6.07 Å². The summed E-state index contributed by atoms with van der Waals surface area (Å²) in [6.07, 6.45) is 2.61. The number of hydrogen-bond acceptors (Lipinski definition) is 4. The van der Waals surface area contributed by atoms with Gasteiger partial charge in [0.25, 0.3) is 0 Å². The lowest BCUT2D eigenvalue weighted by atomic mass is 10.1. The van der Waals surface area contributed by atoms with E-state index in [1.165, 1.54) is 18.4 Å². The van der Waals surface area contributed by atoms with Gasteiger partial charge in [0.1, 0.15) is 0 Å². The van der Waals surface area contributed by atoms with Crippen LogP contribution in [0.5, 0.6) is 0 Å². The molecule has 2 aromatic heterocycles. The molecule has 0 aliphatic heterocycles. The van der Waals surface area contributed by atoms with Crippen LogP contribution < -0.4 is 5.32 Å². The van der Waals surface area contributed by atoms with Crippen LogP contribution in [0.2, 0.25) is 0 Å². The highest BCUT2D eigenvalue weighted by molar-refractivity contribution is 9.11. The molecule has 0 spiro atoms. The maximum absolute atomic E-state index is 4.65. The molecule has 0 amide bonds. The van der Waals surface area contributed by atoms with Gasteiger partial charge in [0.05, 0.1) is 8.66 Å². The van der Waals surface area contributed by atoms with Crippen molar-refractivity contribution in [2.24, 2.45) is 0 Å². The Bertz CT molecular complexity index is 581. The summed E-state index contributed by atoms with van der Waals surface area (Å²) < 4.78 is 1.11. The van der Waals surface area contributed by atoms with Crippen molar-refractivity contribution in [3.8, 4) is 10.7 Å². The van der Waals surface area contributed by atoms with Crippen molar-refractivity contribution in [1.82, 2.24) is 15.3 Å². The van der Waals surface area contributed by atoms with Crippen molar-refractivity contribution in [3.05, 3.63) is 32.9 Å². The zero-order valence-corrected chi connectivity index (χ0v) is 13.4. The van der Waals surface area contributed by atoms with E-state index in [2.05, 4.69) is 51.1 Å². The van der Waals surface area contributed by atoms with E-state index in [4.69, 9.17) is 0 Å². The second-order valence-electron chi connectivity index (χ2n) is 4.96. The molecule has 0 aromatic carbocycles. The molecule has 100 valence electrons. The van der Waals surface area contributed by atoms with Gasteiger partial charge in [0.15, 0.2) is 5.82 Å². The molecular formula is C14H16BrN3S. The number of thiophene rings is 1. The number of halogens is 1. The maximum atomic E-state index is 4.65. The summed E-state index contributed by atoms with van der Waals surface area (Å²) in [6, 6.07) is 4.81. The van der Waals surface area contributed by atoms with Crippen molar-refractivity contribution in [2.45, 2.75) is 39.3 Å². The summed E-state index contributed by atoms with van der Waals surface area (Å²) in [5.41, 5.74) is 3.41. The number of aromatic nitrogens is 2. The molecule has 2 aromatic rings. The molecule has 0 atom stereocenters. The third kappa shape index (κ3) is 3.04. The van der Waals surface area contributed by atoms with Crippen molar-refractivity contribution in [2.75, 3.05) is 0 Å². The Kier molecular flexibility index (Phi) is 3.69. The van der Waals surface area contributed by atoms with Gasteiger partial charge < -0.3 is 5.32 Å². The highest BCUT2D eigenvalue weighted by Gasteiger charge is 2.21. The molecule has 5 heteroatoms. The average molecular weight is 338 g/mol. The van der Waals surface area contributed by atoms with Gasteiger partial charge >= 0.3 is 0 Å². The van der Waals surface area contributed by atoms with E-state index in [0.717, 1.165) is 32.4 Å². The van der Waals surface area contributed by atoms with Crippen LogP contribution in [0.1, 0.15) is 29.8 Å². The molecule has 1 fully saturated rings. The van der Waals surface area contributed by atoms with E-state index in [0.29, 0.717) is 6.04 Å². The number of hydrogen-bond donors (Lipinski definition) is 1. The first-order valence-electron chi connectivity index (χ1n) is 6.46. The molecule has 1 saturated carbocycles. The topological polar surface area (TPSA) is 37.8 Å². The Labute approximate surface area is 125 Å². The fourth-order valence-corrected chi connectivity index (χ4v) is 3.39. The Morgan fingerprint density at radius 3 is 2.47 bits per heavy atom. The Morgan fingerprint density at radius 1 is 1.26 bits per heavy atom. The zero-order chi connectivity index (χ0) is 13.4. The smallest absolute Gasteiger partial charge is 0.169 e. The SMILES string of the molecule is Cc1nc(-c2ccc(Br)s2)nc(C)c1CNC1CC1. The number of rotatable bonds is 4. The minimum absolute atomic E-state index is 0.715. The Morgan fingerprint density at radius 2 is 1.95 bits per heavy atom. The Hall–Kier alpha value is -0.780. The van der Waals surface area contributed by atoms with E-state index in [-0.39, 0.29) is 0 Å². The van der Waals surface area contributed by atoms with Crippen molar-refractivity contribution in [3.63, 3.8) is 0 Å². The Balaban J connectivity index is 1.87. The van der Waals surface area contributed by atoms with Gasteiger partial charge in [-0.2, -0.15) is 0 Å². The van der Waals surface area contributed by atoms with Gasteiger partial charge in [-0.3, -0.25) is 0 Å². The lowest BCUT2D eigenvalue weighted by Gasteiger charge is -2.10. The van der Waals surface area contributed by atoms with Crippen LogP contribution in [0.4, 0.5) is 0 Å². The van der Waals surface area contributed by atoms with Gasteiger partial charge in [0.2, 0.25) is 0 Å². The molecule has 0 saturated heterocycles. The largest absolute Gasteiger partial charge is 0.310 e. The molecule has 0 bridgehead atoms. The van der Waals surface area contributed by atoms with Gasteiger partial charge in [-0.15, -0.1) is 11.3 Å². The fraction of sp³-hybridized carbons (Fsp3) is 0.429. The zero-order valence-electron chi connectivity index (χ0n) is 11.0. The van der Waals surface area contributed by atoms with Crippen molar-refractivity contribution in [1.29, 1.82) is 0 Å². The monoisotopic (exact) mass is 337 g/mol. The van der Waals surface area contributed by atoms with Crippen LogP contribution in [0.25, 0.3) is 10.7 Å².